The van der Waals surface area contributed by atoms with Crippen molar-refractivity contribution in [3.63, 3.8) is 0 Å². The first-order valence-corrected chi connectivity index (χ1v) is 4.20. The van der Waals surface area contributed by atoms with Crippen LogP contribution in [0.3, 0.4) is 0 Å². The van der Waals surface area contributed by atoms with Crippen molar-refractivity contribution in [3.8, 4) is 0 Å². The summed E-state index contributed by atoms with van der Waals surface area (Å²) in [6, 6.07) is 0. The minimum Gasteiger partial charge on any atom is -0.316 e. The second kappa shape index (κ2) is 9.73. The predicted octanol–water partition coefficient (Wildman–Crippen LogP) is 2.93. The Morgan fingerprint density at radius 3 is 2.27 bits per heavy atom. The van der Waals surface area contributed by atoms with Gasteiger partial charge in [-0.2, -0.15) is 0 Å². The number of rotatable bonds is 3. The molecule has 0 spiro atoms. The molecule has 0 saturated heterocycles. The maximum atomic E-state index is 5.51. The molecule has 1 N–H and O–H groups in total. The van der Waals surface area contributed by atoms with Gasteiger partial charge in [0.25, 0.3) is 0 Å². The molecule has 0 aromatic rings. The van der Waals surface area contributed by atoms with Gasteiger partial charge >= 0.3 is 0 Å². The van der Waals surface area contributed by atoms with Crippen molar-refractivity contribution in [1.29, 1.82) is 0 Å². The molecule has 0 bridgehead atoms. The normalized spacial score (nSPS) is 10.1. The Morgan fingerprint density at radius 2 is 2.00 bits per heavy atom. The monoisotopic (exact) mass is 175 g/mol. The van der Waals surface area contributed by atoms with Crippen LogP contribution in [0.4, 0.5) is 0 Å². The molecule has 0 rings (SSSR count). The van der Waals surface area contributed by atoms with Gasteiger partial charge in [0.1, 0.15) is 0 Å². The van der Waals surface area contributed by atoms with E-state index in [-0.39, 0.29) is 0 Å². The van der Waals surface area contributed by atoms with Gasteiger partial charge in [-0.3, -0.25) is 0 Å². The summed E-state index contributed by atoms with van der Waals surface area (Å²) >= 11 is 5.51. The van der Waals surface area contributed by atoms with Gasteiger partial charge < -0.3 is 5.32 Å². The lowest BCUT2D eigenvalue weighted by Gasteiger charge is -1.96. The summed E-state index contributed by atoms with van der Waals surface area (Å²) in [4.78, 5) is 0. The van der Waals surface area contributed by atoms with E-state index < -0.39 is 0 Å². The third-order valence-corrected chi connectivity index (χ3v) is 0.968. The summed E-state index contributed by atoms with van der Waals surface area (Å²) in [5, 5.41) is 3.59. The predicted molar refractivity (Wildman–Crippen MR) is 54.0 cm³/mol. The lowest BCUT2D eigenvalue weighted by molar-refractivity contribution is 0.880. The standard InChI is InChI=1S/C7H12ClN.C2H6/c1-6(5-9-3)4-7(2)8;1-2/h4,9H,2,5H2,1,3H3;1-2H3/b6-4+;. The molecule has 0 unspecified atom stereocenters. The first-order valence-electron chi connectivity index (χ1n) is 3.83. The summed E-state index contributed by atoms with van der Waals surface area (Å²) in [6.45, 7) is 10.4. The van der Waals surface area contributed by atoms with Crippen molar-refractivity contribution in [2.45, 2.75) is 20.8 Å². The number of nitrogens with one attached hydrogen (secondary N) is 1. The molecule has 66 valence electrons. The molecule has 0 atom stereocenters. The van der Waals surface area contributed by atoms with Crippen LogP contribution in [0.15, 0.2) is 23.3 Å². The molecule has 0 aliphatic heterocycles. The van der Waals surface area contributed by atoms with E-state index in [9.17, 15) is 0 Å². The van der Waals surface area contributed by atoms with Gasteiger partial charge in [-0.15, -0.1) is 0 Å². The molecule has 0 saturated carbocycles. The Morgan fingerprint density at radius 1 is 1.55 bits per heavy atom. The average molecular weight is 176 g/mol. The average Bonchev–Trinajstić information content (AvgIpc) is 1.91. The van der Waals surface area contributed by atoms with Gasteiger partial charge in [-0.25, -0.2) is 0 Å². The zero-order valence-corrected chi connectivity index (χ0v) is 8.63. The van der Waals surface area contributed by atoms with Gasteiger partial charge in [0.2, 0.25) is 0 Å². The van der Waals surface area contributed by atoms with Gasteiger partial charge in [0, 0.05) is 11.6 Å². The summed E-state index contributed by atoms with van der Waals surface area (Å²) < 4.78 is 0. The Kier molecular flexibility index (Phi) is 11.8. The number of likely N-dealkylation sites (N-methyl/N-ethyl adjacent to an activating group) is 1. The van der Waals surface area contributed by atoms with Gasteiger partial charge in [0.15, 0.2) is 0 Å². The molecule has 0 aliphatic rings. The molecular weight excluding hydrogens is 158 g/mol. The van der Waals surface area contributed by atoms with E-state index in [1.807, 2.05) is 33.9 Å². The molecule has 0 aromatic carbocycles. The first-order chi connectivity index (χ1) is 5.16. The zero-order chi connectivity index (χ0) is 9.28. The third kappa shape index (κ3) is 12.8. The summed E-state index contributed by atoms with van der Waals surface area (Å²) in [6.07, 6.45) is 1.85. The van der Waals surface area contributed by atoms with Crippen LogP contribution in [-0.2, 0) is 0 Å². The van der Waals surface area contributed by atoms with E-state index in [4.69, 9.17) is 11.6 Å². The smallest absolute Gasteiger partial charge is 0.0334 e. The molecule has 0 radical (unpaired) electrons. The van der Waals surface area contributed by atoms with Crippen molar-refractivity contribution in [2.24, 2.45) is 0 Å². The molecule has 0 heterocycles. The topological polar surface area (TPSA) is 12.0 Å². The fraction of sp³-hybridized carbons (Fsp3) is 0.556. The first kappa shape index (κ1) is 13.3. The lowest BCUT2D eigenvalue weighted by atomic mass is 10.3. The summed E-state index contributed by atoms with van der Waals surface area (Å²) in [7, 11) is 1.90. The second-order valence-corrected chi connectivity index (χ2v) is 2.45. The zero-order valence-electron chi connectivity index (χ0n) is 7.87. The van der Waals surface area contributed by atoms with Crippen molar-refractivity contribution >= 4 is 11.6 Å². The van der Waals surface area contributed by atoms with Crippen LogP contribution in [0.5, 0.6) is 0 Å². The maximum absolute atomic E-state index is 5.51. The van der Waals surface area contributed by atoms with Gasteiger partial charge in [0.05, 0.1) is 0 Å². The van der Waals surface area contributed by atoms with Crippen LogP contribution >= 0.6 is 11.6 Å². The molecule has 0 fully saturated rings. The van der Waals surface area contributed by atoms with Crippen molar-refractivity contribution in [2.75, 3.05) is 13.6 Å². The van der Waals surface area contributed by atoms with E-state index in [0.29, 0.717) is 5.03 Å². The van der Waals surface area contributed by atoms with Crippen LogP contribution in [0.2, 0.25) is 0 Å². The van der Waals surface area contributed by atoms with Crippen LogP contribution < -0.4 is 5.32 Å². The van der Waals surface area contributed by atoms with E-state index in [1.165, 1.54) is 5.57 Å². The highest BCUT2D eigenvalue weighted by Gasteiger charge is 1.85. The van der Waals surface area contributed by atoms with Gasteiger partial charge in [-0.05, 0) is 20.0 Å². The SMILES string of the molecule is C=C(Cl)/C=C(\C)CNC.CC. The quantitative estimate of drug-likeness (QED) is 0.651. The summed E-state index contributed by atoms with van der Waals surface area (Å²) in [5.41, 5.74) is 1.19. The molecule has 2 heteroatoms. The molecule has 0 aliphatic carbocycles. The van der Waals surface area contributed by atoms with Crippen molar-refractivity contribution in [3.05, 3.63) is 23.3 Å². The Bertz CT molecular complexity index is 128. The highest BCUT2D eigenvalue weighted by atomic mass is 35.5. The second-order valence-electron chi connectivity index (χ2n) is 1.97. The van der Waals surface area contributed by atoms with Crippen LogP contribution in [0.1, 0.15) is 20.8 Å². The number of halogens is 1. The van der Waals surface area contributed by atoms with E-state index in [0.717, 1.165) is 6.54 Å². The fourth-order valence-electron chi connectivity index (χ4n) is 0.597. The Hall–Kier alpha value is -0.270. The molecule has 1 nitrogen and oxygen atoms in total. The van der Waals surface area contributed by atoms with Crippen LogP contribution in [-0.4, -0.2) is 13.6 Å². The Labute approximate surface area is 75.1 Å². The summed E-state index contributed by atoms with van der Waals surface area (Å²) in [5.74, 6) is 0. The molecular formula is C9H18ClN. The van der Waals surface area contributed by atoms with E-state index >= 15 is 0 Å². The highest BCUT2D eigenvalue weighted by molar-refractivity contribution is 6.30. The number of hydrogen-bond donors (Lipinski definition) is 1. The molecule has 0 aromatic heterocycles. The largest absolute Gasteiger partial charge is 0.316 e. The third-order valence-electron chi connectivity index (χ3n) is 0.859. The Balaban J connectivity index is 0. The minimum absolute atomic E-state index is 0.586. The van der Waals surface area contributed by atoms with Gasteiger partial charge in [-0.1, -0.05) is 37.6 Å². The maximum Gasteiger partial charge on any atom is 0.0334 e. The molecule has 11 heavy (non-hydrogen) atoms. The van der Waals surface area contributed by atoms with E-state index in [1.54, 1.807) is 0 Å². The highest BCUT2D eigenvalue weighted by Crippen LogP contribution is 2.02. The molecule has 0 amide bonds. The van der Waals surface area contributed by atoms with Crippen molar-refractivity contribution in [1.82, 2.24) is 5.32 Å². The van der Waals surface area contributed by atoms with E-state index in [2.05, 4.69) is 11.9 Å². The minimum atomic E-state index is 0.586. The van der Waals surface area contributed by atoms with Crippen LogP contribution in [0.25, 0.3) is 0 Å². The number of hydrogen-bond acceptors (Lipinski definition) is 1. The van der Waals surface area contributed by atoms with Crippen LogP contribution in [0, 0.1) is 0 Å². The number of allylic oxidation sites excluding steroid dienone is 2. The lowest BCUT2D eigenvalue weighted by Crippen LogP contribution is -2.08. The van der Waals surface area contributed by atoms with Crippen molar-refractivity contribution < 1.29 is 0 Å². The fourth-order valence-corrected chi connectivity index (χ4v) is 0.783.